The van der Waals surface area contributed by atoms with Crippen molar-refractivity contribution in [2.24, 2.45) is 11.7 Å². The molecule has 3 nitrogen and oxygen atoms in total. The van der Waals surface area contributed by atoms with E-state index in [1.165, 1.54) is 31.4 Å². The highest BCUT2D eigenvalue weighted by molar-refractivity contribution is 7.13. The molecule has 4 heteroatoms. The Morgan fingerprint density at radius 3 is 2.81 bits per heavy atom. The van der Waals surface area contributed by atoms with E-state index in [2.05, 4.69) is 22.6 Å². The molecule has 16 heavy (non-hydrogen) atoms. The molecule has 1 fully saturated rings. The Kier molecular flexibility index (Phi) is 4.18. The van der Waals surface area contributed by atoms with Crippen LogP contribution in [0, 0.1) is 5.92 Å². The highest BCUT2D eigenvalue weighted by Crippen LogP contribution is 2.24. The van der Waals surface area contributed by atoms with Gasteiger partial charge in [0.25, 0.3) is 0 Å². The fraction of sp³-hybridized carbons (Fsp3) is 0.750. The van der Waals surface area contributed by atoms with Crippen LogP contribution in [0.2, 0.25) is 0 Å². The normalized spacial score (nSPS) is 25.6. The Morgan fingerprint density at radius 1 is 1.44 bits per heavy atom. The van der Waals surface area contributed by atoms with Crippen LogP contribution in [0.1, 0.15) is 38.3 Å². The second kappa shape index (κ2) is 5.64. The second-order valence-electron chi connectivity index (χ2n) is 4.66. The molecule has 0 spiro atoms. The Morgan fingerprint density at radius 2 is 2.19 bits per heavy atom. The number of rotatable bonds is 4. The van der Waals surface area contributed by atoms with Gasteiger partial charge in [0.2, 0.25) is 0 Å². The zero-order valence-corrected chi connectivity index (χ0v) is 10.7. The van der Waals surface area contributed by atoms with Gasteiger partial charge in [-0.2, -0.15) is 0 Å². The number of aromatic nitrogens is 1. The predicted octanol–water partition coefficient (Wildman–Crippen LogP) is 2.63. The molecule has 0 unspecified atom stereocenters. The van der Waals surface area contributed by atoms with Crippen LogP contribution >= 0.6 is 11.3 Å². The third-order valence-corrected chi connectivity index (χ3v) is 4.20. The molecule has 1 aromatic heterocycles. The summed E-state index contributed by atoms with van der Waals surface area (Å²) in [6.07, 6.45) is 5.92. The minimum absolute atomic E-state index is 0.447. The molecule has 0 atom stereocenters. The van der Waals surface area contributed by atoms with Crippen molar-refractivity contribution in [3.05, 3.63) is 11.1 Å². The van der Waals surface area contributed by atoms with Gasteiger partial charge < -0.3 is 11.1 Å². The summed E-state index contributed by atoms with van der Waals surface area (Å²) in [5, 5.41) is 6.66. The van der Waals surface area contributed by atoms with Crippen LogP contribution in [0.5, 0.6) is 0 Å². The third kappa shape index (κ3) is 3.19. The molecule has 1 heterocycles. The molecule has 1 aliphatic carbocycles. The number of thiazole rings is 1. The summed E-state index contributed by atoms with van der Waals surface area (Å²) < 4.78 is 0. The first kappa shape index (κ1) is 11.9. The summed E-state index contributed by atoms with van der Waals surface area (Å²) in [5.74, 6) is 0.786. The van der Waals surface area contributed by atoms with Crippen LogP contribution in [-0.2, 0) is 6.42 Å². The van der Waals surface area contributed by atoms with E-state index in [9.17, 15) is 0 Å². The van der Waals surface area contributed by atoms with Crippen molar-refractivity contribution < 1.29 is 0 Å². The fourth-order valence-electron chi connectivity index (χ4n) is 2.17. The van der Waals surface area contributed by atoms with Crippen LogP contribution in [-0.4, -0.2) is 17.6 Å². The molecule has 0 aliphatic heterocycles. The fourth-order valence-corrected chi connectivity index (χ4v) is 2.98. The van der Waals surface area contributed by atoms with Crippen LogP contribution in [0.25, 0.3) is 0 Å². The minimum Gasteiger partial charge on any atom is -0.361 e. The van der Waals surface area contributed by atoms with Gasteiger partial charge in [-0.1, -0.05) is 6.92 Å². The van der Waals surface area contributed by atoms with Gasteiger partial charge in [-0.05, 0) is 38.0 Å². The van der Waals surface area contributed by atoms with E-state index >= 15 is 0 Å². The van der Waals surface area contributed by atoms with Crippen molar-refractivity contribution in [2.45, 2.75) is 45.1 Å². The lowest BCUT2D eigenvalue weighted by Gasteiger charge is -2.25. The van der Waals surface area contributed by atoms with E-state index in [-0.39, 0.29) is 0 Å². The van der Waals surface area contributed by atoms with Crippen molar-refractivity contribution in [1.82, 2.24) is 4.98 Å². The predicted molar refractivity (Wildman–Crippen MR) is 69.9 cm³/mol. The molecule has 0 saturated heterocycles. The van der Waals surface area contributed by atoms with Crippen molar-refractivity contribution >= 4 is 16.5 Å². The van der Waals surface area contributed by atoms with Crippen LogP contribution in [0.4, 0.5) is 5.13 Å². The van der Waals surface area contributed by atoms with Crippen molar-refractivity contribution in [3.63, 3.8) is 0 Å². The third-order valence-electron chi connectivity index (χ3n) is 3.35. The topological polar surface area (TPSA) is 50.9 Å². The zero-order valence-electron chi connectivity index (χ0n) is 9.91. The number of aryl methyl sites for hydroxylation is 1. The van der Waals surface area contributed by atoms with E-state index in [0.29, 0.717) is 6.04 Å². The van der Waals surface area contributed by atoms with E-state index in [1.807, 2.05) is 0 Å². The van der Waals surface area contributed by atoms with Gasteiger partial charge in [0.1, 0.15) is 0 Å². The van der Waals surface area contributed by atoms with Gasteiger partial charge in [0.05, 0.1) is 5.69 Å². The maximum absolute atomic E-state index is 5.89. The molecule has 0 bridgehead atoms. The molecule has 0 radical (unpaired) electrons. The van der Waals surface area contributed by atoms with E-state index in [1.54, 1.807) is 11.3 Å². The van der Waals surface area contributed by atoms with Gasteiger partial charge in [-0.3, -0.25) is 0 Å². The summed E-state index contributed by atoms with van der Waals surface area (Å²) in [6, 6.07) is 0.447. The molecule has 2 rings (SSSR count). The second-order valence-corrected chi connectivity index (χ2v) is 5.52. The summed E-state index contributed by atoms with van der Waals surface area (Å²) in [5.41, 5.74) is 7.09. The van der Waals surface area contributed by atoms with E-state index in [4.69, 9.17) is 5.73 Å². The maximum Gasteiger partial charge on any atom is 0.182 e. The molecule has 90 valence electrons. The SMILES string of the molecule is CCc1csc(NCC2CCC(N)CC2)n1. The highest BCUT2D eigenvalue weighted by atomic mass is 32.1. The van der Waals surface area contributed by atoms with Crippen LogP contribution in [0.3, 0.4) is 0 Å². The molecule has 1 aromatic rings. The first-order valence-electron chi connectivity index (χ1n) is 6.21. The van der Waals surface area contributed by atoms with Crippen LogP contribution < -0.4 is 11.1 Å². The number of nitrogens with two attached hydrogens (primary N) is 1. The summed E-state index contributed by atoms with van der Waals surface area (Å²) in [7, 11) is 0. The molecule has 0 aromatic carbocycles. The Bertz CT molecular complexity index is 316. The minimum atomic E-state index is 0.447. The Balaban J connectivity index is 1.74. The van der Waals surface area contributed by atoms with Gasteiger partial charge in [-0.15, -0.1) is 11.3 Å². The quantitative estimate of drug-likeness (QED) is 0.849. The molecular formula is C12H21N3S. The maximum atomic E-state index is 5.89. The first-order valence-corrected chi connectivity index (χ1v) is 7.09. The average molecular weight is 239 g/mol. The number of hydrogen-bond donors (Lipinski definition) is 2. The van der Waals surface area contributed by atoms with E-state index in [0.717, 1.165) is 24.0 Å². The standard InChI is InChI=1S/C12H21N3S/c1-2-11-8-16-12(15-11)14-7-9-3-5-10(13)6-4-9/h8-10H,2-7,13H2,1H3,(H,14,15). The number of anilines is 1. The Labute approximate surface area is 101 Å². The smallest absolute Gasteiger partial charge is 0.182 e. The summed E-state index contributed by atoms with van der Waals surface area (Å²) in [4.78, 5) is 4.51. The molecule has 3 N–H and O–H groups in total. The highest BCUT2D eigenvalue weighted by Gasteiger charge is 2.18. The van der Waals surface area contributed by atoms with Crippen LogP contribution in [0.15, 0.2) is 5.38 Å². The largest absolute Gasteiger partial charge is 0.361 e. The number of nitrogens with zero attached hydrogens (tertiary/aromatic N) is 1. The zero-order chi connectivity index (χ0) is 11.4. The lowest BCUT2D eigenvalue weighted by molar-refractivity contribution is 0.339. The number of hydrogen-bond acceptors (Lipinski definition) is 4. The van der Waals surface area contributed by atoms with Gasteiger partial charge in [0, 0.05) is 18.0 Å². The number of nitrogens with one attached hydrogen (secondary N) is 1. The lowest BCUT2D eigenvalue weighted by Crippen LogP contribution is -2.29. The molecule has 1 aliphatic rings. The van der Waals surface area contributed by atoms with E-state index < -0.39 is 0 Å². The Hall–Kier alpha value is -0.610. The van der Waals surface area contributed by atoms with Crippen molar-refractivity contribution in [3.8, 4) is 0 Å². The molecular weight excluding hydrogens is 218 g/mol. The molecule has 0 amide bonds. The van der Waals surface area contributed by atoms with Gasteiger partial charge in [-0.25, -0.2) is 4.98 Å². The summed E-state index contributed by atoms with van der Waals surface area (Å²) >= 11 is 1.72. The van der Waals surface area contributed by atoms with Gasteiger partial charge in [0.15, 0.2) is 5.13 Å². The lowest BCUT2D eigenvalue weighted by atomic mass is 9.86. The van der Waals surface area contributed by atoms with Gasteiger partial charge >= 0.3 is 0 Å². The van der Waals surface area contributed by atoms with Crippen molar-refractivity contribution in [1.29, 1.82) is 0 Å². The monoisotopic (exact) mass is 239 g/mol. The molecule has 1 saturated carbocycles. The first-order chi connectivity index (χ1) is 7.78. The average Bonchev–Trinajstić information content (AvgIpc) is 2.76. The summed E-state index contributed by atoms with van der Waals surface area (Å²) in [6.45, 7) is 3.20. The van der Waals surface area contributed by atoms with Crippen molar-refractivity contribution in [2.75, 3.05) is 11.9 Å².